The van der Waals surface area contributed by atoms with E-state index in [1.165, 1.54) is 0 Å². The molecule has 0 saturated heterocycles. The number of hydrogen-bond acceptors (Lipinski definition) is 1. The number of carboxylic acids is 1. The van der Waals surface area contributed by atoms with Crippen LogP contribution in [-0.2, 0) is 4.79 Å². The third-order valence-corrected chi connectivity index (χ3v) is 11.5. The first kappa shape index (κ1) is 15.4. The summed E-state index contributed by atoms with van der Waals surface area (Å²) in [7, 11) is -1.63. The van der Waals surface area contributed by atoms with Crippen molar-refractivity contribution in [1.29, 1.82) is 0 Å². The molecular weight excluding hydrogens is 216 g/mol. The predicted octanol–water partition coefficient (Wildman–Crippen LogP) is 4.31. The van der Waals surface area contributed by atoms with Crippen molar-refractivity contribution in [3.8, 4) is 0 Å². The standard InChI is InChI=1S/C13H26O2Si/c1-9(2)16(10(3)4,11(5)6)8-12(7)13(14)15/h9-11H,7-8H2,1-6H3,(H,14,15). The van der Waals surface area contributed by atoms with Gasteiger partial charge in [-0.2, -0.15) is 0 Å². The van der Waals surface area contributed by atoms with Gasteiger partial charge in [0.1, 0.15) is 0 Å². The smallest absolute Gasteiger partial charge is 0.330 e. The van der Waals surface area contributed by atoms with E-state index in [0.29, 0.717) is 22.2 Å². The number of rotatable bonds is 6. The van der Waals surface area contributed by atoms with Crippen LogP contribution in [0.15, 0.2) is 12.2 Å². The highest BCUT2D eigenvalue weighted by Gasteiger charge is 2.43. The van der Waals surface area contributed by atoms with E-state index in [0.717, 1.165) is 6.04 Å². The zero-order chi connectivity index (χ0) is 13.1. The maximum absolute atomic E-state index is 11.0. The monoisotopic (exact) mass is 242 g/mol. The van der Waals surface area contributed by atoms with E-state index >= 15 is 0 Å². The Morgan fingerprint density at radius 1 is 1.06 bits per heavy atom. The Hall–Kier alpha value is -0.573. The minimum Gasteiger partial charge on any atom is -0.478 e. The number of carboxylic acid groups (broad SMARTS) is 1. The van der Waals surface area contributed by atoms with E-state index in [1.807, 2.05) is 0 Å². The lowest BCUT2D eigenvalue weighted by atomic mass is 10.4. The molecule has 94 valence electrons. The second kappa shape index (κ2) is 5.67. The van der Waals surface area contributed by atoms with Gasteiger partial charge in [-0.15, -0.1) is 0 Å². The van der Waals surface area contributed by atoms with Crippen LogP contribution in [0.1, 0.15) is 41.5 Å². The Balaban J connectivity index is 5.21. The zero-order valence-electron chi connectivity index (χ0n) is 11.5. The molecule has 0 bridgehead atoms. The fraction of sp³-hybridized carbons (Fsp3) is 0.769. The van der Waals surface area contributed by atoms with E-state index in [1.54, 1.807) is 0 Å². The van der Waals surface area contributed by atoms with Crippen molar-refractivity contribution >= 4 is 14.0 Å². The topological polar surface area (TPSA) is 37.3 Å². The quantitative estimate of drug-likeness (QED) is 0.557. The van der Waals surface area contributed by atoms with Crippen molar-refractivity contribution in [2.24, 2.45) is 0 Å². The summed E-state index contributed by atoms with van der Waals surface area (Å²) in [4.78, 5) is 11.0. The predicted molar refractivity (Wildman–Crippen MR) is 72.6 cm³/mol. The Kier molecular flexibility index (Phi) is 5.46. The molecular formula is C13H26O2Si. The maximum Gasteiger partial charge on any atom is 0.330 e. The first-order valence-corrected chi connectivity index (χ1v) is 8.51. The summed E-state index contributed by atoms with van der Waals surface area (Å²) in [5.41, 5.74) is 2.15. The van der Waals surface area contributed by atoms with Crippen LogP contribution in [0, 0.1) is 0 Å². The molecule has 0 heterocycles. The number of hydrogen-bond donors (Lipinski definition) is 1. The fourth-order valence-electron chi connectivity index (χ4n) is 3.06. The van der Waals surface area contributed by atoms with Crippen molar-refractivity contribution in [3.05, 3.63) is 12.2 Å². The summed E-state index contributed by atoms with van der Waals surface area (Å²) in [6, 6.07) is 0.718. The van der Waals surface area contributed by atoms with Crippen LogP contribution in [-0.4, -0.2) is 19.1 Å². The van der Waals surface area contributed by atoms with Crippen LogP contribution in [0.5, 0.6) is 0 Å². The van der Waals surface area contributed by atoms with Gasteiger partial charge in [-0.05, 0) is 6.04 Å². The van der Waals surface area contributed by atoms with Crippen LogP contribution in [0.2, 0.25) is 22.7 Å². The third kappa shape index (κ3) is 2.97. The molecule has 0 rings (SSSR count). The summed E-state index contributed by atoms with van der Waals surface area (Å²) < 4.78 is 0. The molecule has 0 atom stereocenters. The molecule has 0 saturated carbocycles. The summed E-state index contributed by atoms with van der Waals surface area (Å²) in [6.45, 7) is 17.1. The zero-order valence-corrected chi connectivity index (χ0v) is 12.5. The molecule has 16 heavy (non-hydrogen) atoms. The van der Waals surface area contributed by atoms with E-state index in [2.05, 4.69) is 48.1 Å². The maximum atomic E-state index is 11.0. The minimum atomic E-state index is -1.63. The largest absolute Gasteiger partial charge is 0.478 e. The number of carbonyl (C=O) groups is 1. The van der Waals surface area contributed by atoms with E-state index in [4.69, 9.17) is 5.11 Å². The molecule has 2 nitrogen and oxygen atoms in total. The Bertz CT molecular complexity index is 245. The van der Waals surface area contributed by atoms with Crippen molar-refractivity contribution in [1.82, 2.24) is 0 Å². The SMILES string of the molecule is C=C(C[Si](C(C)C)(C(C)C)C(C)C)C(=O)O. The average Bonchev–Trinajstić information content (AvgIpc) is 2.11. The second-order valence-corrected chi connectivity index (χ2v) is 11.7. The first-order chi connectivity index (χ1) is 7.16. The normalized spacial score (nSPS) is 12.6. The van der Waals surface area contributed by atoms with Gasteiger partial charge in [0.05, 0.1) is 8.07 Å². The second-order valence-electron chi connectivity index (χ2n) is 5.66. The van der Waals surface area contributed by atoms with Crippen LogP contribution in [0.3, 0.4) is 0 Å². The number of aliphatic carboxylic acids is 1. The van der Waals surface area contributed by atoms with Gasteiger partial charge in [0, 0.05) is 5.57 Å². The Labute approximate surface area is 101 Å². The molecule has 0 aromatic heterocycles. The van der Waals surface area contributed by atoms with Gasteiger partial charge < -0.3 is 5.11 Å². The lowest BCUT2D eigenvalue weighted by molar-refractivity contribution is -0.132. The fourth-order valence-corrected chi connectivity index (χ4v) is 9.17. The molecule has 3 heteroatoms. The molecule has 1 N–H and O–H groups in total. The molecule has 0 aromatic rings. The van der Waals surface area contributed by atoms with Crippen LogP contribution >= 0.6 is 0 Å². The Morgan fingerprint density at radius 2 is 1.38 bits per heavy atom. The molecule has 0 unspecified atom stereocenters. The Morgan fingerprint density at radius 3 is 1.56 bits per heavy atom. The van der Waals surface area contributed by atoms with Gasteiger partial charge in [-0.25, -0.2) is 4.79 Å². The van der Waals surface area contributed by atoms with Crippen LogP contribution in [0.4, 0.5) is 0 Å². The summed E-state index contributed by atoms with van der Waals surface area (Å²) >= 11 is 0. The van der Waals surface area contributed by atoms with Gasteiger partial charge in [-0.3, -0.25) is 0 Å². The molecule has 0 spiro atoms. The third-order valence-electron chi connectivity index (χ3n) is 4.05. The van der Waals surface area contributed by atoms with Crippen molar-refractivity contribution < 1.29 is 9.90 Å². The van der Waals surface area contributed by atoms with Gasteiger partial charge in [0.25, 0.3) is 0 Å². The molecule has 0 aliphatic heterocycles. The van der Waals surface area contributed by atoms with Gasteiger partial charge in [0.2, 0.25) is 0 Å². The van der Waals surface area contributed by atoms with Crippen LogP contribution < -0.4 is 0 Å². The van der Waals surface area contributed by atoms with E-state index < -0.39 is 14.0 Å². The summed E-state index contributed by atoms with van der Waals surface area (Å²) in [5, 5.41) is 9.01. The minimum absolute atomic E-state index is 0.391. The molecule has 0 amide bonds. The highest BCUT2D eigenvalue weighted by atomic mass is 28.3. The lowest BCUT2D eigenvalue weighted by Crippen LogP contribution is -2.45. The molecule has 0 aliphatic carbocycles. The van der Waals surface area contributed by atoms with Gasteiger partial charge in [-0.1, -0.05) is 64.7 Å². The summed E-state index contributed by atoms with van der Waals surface area (Å²) in [5.74, 6) is -0.834. The van der Waals surface area contributed by atoms with E-state index in [-0.39, 0.29) is 0 Å². The van der Waals surface area contributed by atoms with Gasteiger partial charge >= 0.3 is 5.97 Å². The molecule has 0 aliphatic rings. The molecule has 0 aromatic carbocycles. The van der Waals surface area contributed by atoms with Gasteiger partial charge in [0.15, 0.2) is 0 Å². The van der Waals surface area contributed by atoms with Crippen molar-refractivity contribution in [2.45, 2.75) is 64.2 Å². The first-order valence-electron chi connectivity index (χ1n) is 6.07. The van der Waals surface area contributed by atoms with E-state index in [9.17, 15) is 4.79 Å². The summed E-state index contributed by atoms with van der Waals surface area (Å²) in [6.07, 6.45) is 0. The molecule has 0 radical (unpaired) electrons. The van der Waals surface area contributed by atoms with Crippen LogP contribution in [0.25, 0.3) is 0 Å². The average molecular weight is 242 g/mol. The van der Waals surface area contributed by atoms with Crippen molar-refractivity contribution in [2.75, 3.05) is 0 Å². The van der Waals surface area contributed by atoms with Crippen molar-refractivity contribution in [3.63, 3.8) is 0 Å². The highest BCUT2D eigenvalue weighted by molar-refractivity contribution is 6.84. The lowest BCUT2D eigenvalue weighted by Gasteiger charge is -2.43. The highest BCUT2D eigenvalue weighted by Crippen LogP contribution is 2.45. The molecule has 0 fully saturated rings.